The summed E-state index contributed by atoms with van der Waals surface area (Å²) >= 11 is 0. The maximum absolute atomic E-state index is 8.42. The van der Waals surface area contributed by atoms with Gasteiger partial charge in [0.1, 0.15) is 0 Å². The van der Waals surface area contributed by atoms with Gasteiger partial charge in [0.15, 0.2) is 0 Å². The van der Waals surface area contributed by atoms with E-state index in [1.807, 2.05) is 6.08 Å². The number of hydrogen-bond acceptors (Lipinski definition) is 1. The Morgan fingerprint density at radius 1 is 0.733 bits per heavy atom. The zero-order valence-corrected chi connectivity index (χ0v) is 10.1. The van der Waals surface area contributed by atoms with Crippen LogP contribution in [0.4, 0.5) is 0 Å². The third-order valence-corrected chi connectivity index (χ3v) is 2.50. The van der Waals surface area contributed by atoms with E-state index in [1.54, 1.807) is 0 Å². The van der Waals surface area contributed by atoms with Gasteiger partial charge in [0, 0.05) is 0 Å². The quantitative estimate of drug-likeness (QED) is 0.300. The summed E-state index contributed by atoms with van der Waals surface area (Å²) in [5, 5.41) is 8.42. The molecule has 0 saturated carbocycles. The summed E-state index contributed by atoms with van der Waals surface area (Å²) < 4.78 is 0. The highest BCUT2D eigenvalue weighted by atomic mass is 16.2. The van der Waals surface area contributed by atoms with E-state index in [0.717, 1.165) is 12.7 Å². The van der Waals surface area contributed by atoms with Crippen LogP contribution in [0.5, 0.6) is 0 Å². The lowest BCUT2D eigenvalue weighted by atomic mass is 10.1. The van der Waals surface area contributed by atoms with E-state index in [1.165, 1.54) is 51.4 Å². The van der Waals surface area contributed by atoms with Crippen LogP contribution in [0.15, 0.2) is 24.5 Å². The lowest BCUT2D eigenvalue weighted by Crippen LogP contribution is -1.79. The van der Waals surface area contributed by atoms with E-state index >= 15 is 0 Å². The van der Waals surface area contributed by atoms with Crippen molar-refractivity contribution < 1.29 is 5.11 Å². The maximum atomic E-state index is 8.42. The monoisotopic (exact) mass is 210 g/mol. The summed E-state index contributed by atoms with van der Waals surface area (Å²) in [7, 11) is 0. The number of allylic oxidation sites excluding steroid dienone is 3. The molecule has 1 heteroatoms. The Morgan fingerprint density at radius 2 is 1.27 bits per heavy atom. The van der Waals surface area contributed by atoms with Gasteiger partial charge in [0.25, 0.3) is 0 Å². The molecule has 0 heterocycles. The molecule has 1 N–H and O–H groups in total. The number of unbranched alkanes of at least 4 members (excludes halogenated alkanes) is 7. The molecule has 0 aromatic carbocycles. The van der Waals surface area contributed by atoms with E-state index in [4.69, 9.17) is 5.11 Å². The van der Waals surface area contributed by atoms with Gasteiger partial charge >= 0.3 is 0 Å². The van der Waals surface area contributed by atoms with Crippen molar-refractivity contribution in [2.75, 3.05) is 0 Å². The molecule has 0 amide bonds. The highest BCUT2D eigenvalue weighted by Crippen LogP contribution is 2.09. The molecule has 0 radical (unpaired) electrons. The Balaban J connectivity index is 2.95. The van der Waals surface area contributed by atoms with Gasteiger partial charge in [-0.25, -0.2) is 0 Å². The van der Waals surface area contributed by atoms with Crippen LogP contribution in [0, 0.1) is 0 Å². The zero-order chi connectivity index (χ0) is 11.2. The highest BCUT2D eigenvalue weighted by Gasteiger charge is 1.89. The van der Waals surface area contributed by atoms with Gasteiger partial charge in [-0.15, -0.1) is 0 Å². The summed E-state index contributed by atoms with van der Waals surface area (Å²) in [5.74, 6) is 0. The first-order valence-corrected chi connectivity index (χ1v) is 6.36. The van der Waals surface area contributed by atoms with Crippen molar-refractivity contribution in [2.45, 2.75) is 64.7 Å². The highest BCUT2D eigenvalue weighted by molar-refractivity contribution is 4.79. The van der Waals surface area contributed by atoms with Gasteiger partial charge in [-0.2, -0.15) is 0 Å². The van der Waals surface area contributed by atoms with E-state index in [-0.39, 0.29) is 0 Å². The summed E-state index contributed by atoms with van der Waals surface area (Å²) in [4.78, 5) is 0. The molecule has 15 heavy (non-hydrogen) atoms. The van der Waals surface area contributed by atoms with Crippen LogP contribution in [0.25, 0.3) is 0 Å². The van der Waals surface area contributed by atoms with Gasteiger partial charge in [-0.1, -0.05) is 50.8 Å². The van der Waals surface area contributed by atoms with Crippen LogP contribution >= 0.6 is 0 Å². The van der Waals surface area contributed by atoms with Gasteiger partial charge in [-0.3, -0.25) is 0 Å². The predicted octanol–water partition coefficient (Wildman–Crippen LogP) is 5.15. The molecule has 1 nitrogen and oxygen atoms in total. The third kappa shape index (κ3) is 13.3. The Bertz CT molecular complexity index is 159. The summed E-state index contributed by atoms with van der Waals surface area (Å²) in [5.41, 5.74) is 0. The molecule has 0 spiro atoms. The first-order valence-electron chi connectivity index (χ1n) is 6.36. The smallest absolute Gasteiger partial charge is 0.0751 e. The largest absolute Gasteiger partial charge is 0.516 e. The van der Waals surface area contributed by atoms with Crippen molar-refractivity contribution in [1.82, 2.24) is 0 Å². The minimum absolute atomic E-state index is 1.02. The lowest BCUT2D eigenvalue weighted by molar-refractivity contribution is 0.469. The van der Waals surface area contributed by atoms with Crippen LogP contribution in [0.1, 0.15) is 64.7 Å². The van der Waals surface area contributed by atoms with Gasteiger partial charge in [0.2, 0.25) is 0 Å². The fourth-order valence-electron chi connectivity index (χ4n) is 1.59. The van der Waals surface area contributed by atoms with E-state index < -0.39 is 0 Å². The summed E-state index contributed by atoms with van der Waals surface area (Å²) in [6.07, 6.45) is 18.9. The molecule has 0 rings (SSSR count). The molecule has 0 aliphatic heterocycles. The molecule has 88 valence electrons. The van der Waals surface area contributed by atoms with E-state index in [0.29, 0.717) is 0 Å². The molecule has 0 aliphatic carbocycles. The van der Waals surface area contributed by atoms with Crippen molar-refractivity contribution in [2.24, 2.45) is 0 Å². The van der Waals surface area contributed by atoms with Gasteiger partial charge in [0.05, 0.1) is 6.26 Å². The molecule has 0 unspecified atom stereocenters. The molecule has 0 aromatic heterocycles. The Hall–Kier alpha value is -0.720. The van der Waals surface area contributed by atoms with E-state index in [2.05, 4.69) is 19.1 Å². The number of hydrogen-bond donors (Lipinski definition) is 1. The predicted molar refractivity (Wildman–Crippen MR) is 68.1 cm³/mol. The lowest BCUT2D eigenvalue weighted by Gasteiger charge is -1.98. The van der Waals surface area contributed by atoms with Crippen LogP contribution in [-0.2, 0) is 0 Å². The first-order chi connectivity index (χ1) is 7.41. The fraction of sp³-hybridized carbons (Fsp3) is 0.714. The van der Waals surface area contributed by atoms with Crippen LogP contribution in [-0.4, -0.2) is 5.11 Å². The standard InChI is InChI=1S/C14H26O/c1-2-3-4-5-6-7-8-9-10-11-12-13-14-15/h3-4,13-15H,2,5-12H2,1H3/b4-3?,14-13+. The Morgan fingerprint density at radius 3 is 1.80 bits per heavy atom. The minimum Gasteiger partial charge on any atom is -0.516 e. The molecule has 0 bridgehead atoms. The van der Waals surface area contributed by atoms with Crippen LogP contribution in [0.3, 0.4) is 0 Å². The second kappa shape index (κ2) is 13.3. The third-order valence-electron chi connectivity index (χ3n) is 2.50. The zero-order valence-electron chi connectivity index (χ0n) is 10.1. The second-order valence-corrected chi connectivity index (χ2v) is 3.96. The molecular formula is C14H26O. The molecule has 0 fully saturated rings. The van der Waals surface area contributed by atoms with Crippen LogP contribution in [0.2, 0.25) is 0 Å². The van der Waals surface area contributed by atoms with Crippen molar-refractivity contribution in [3.05, 3.63) is 24.5 Å². The summed E-state index contributed by atoms with van der Waals surface area (Å²) in [6, 6.07) is 0. The van der Waals surface area contributed by atoms with E-state index in [9.17, 15) is 0 Å². The van der Waals surface area contributed by atoms with Gasteiger partial charge in [-0.05, 0) is 32.1 Å². The van der Waals surface area contributed by atoms with Crippen molar-refractivity contribution in [1.29, 1.82) is 0 Å². The molecule has 0 aliphatic rings. The summed E-state index contributed by atoms with van der Waals surface area (Å²) in [6.45, 7) is 2.18. The van der Waals surface area contributed by atoms with Crippen LogP contribution < -0.4 is 0 Å². The number of rotatable bonds is 10. The van der Waals surface area contributed by atoms with Gasteiger partial charge < -0.3 is 5.11 Å². The molecule has 0 atom stereocenters. The number of aliphatic hydroxyl groups excluding tert-OH is 1. The van der Waals surface area contributed by atoms with Crippen molar-refractivity contribution in [3.8, 4) is 0 Å². The molecule has 0 saturated heterocycles. The average Bonchev–Trinajstić information content (AvgIpc) is 2.26. The normalized spacial score (nSPS) is 11.8. The Labute approximate surface area is 94.9 Å². The van der Waals surface area contributed by atoms with Crippen molar-refractivity contribution in [3.63, 3.8) is 0 Å². The fourth-order valence-corrected chi connectivity index (χ4v) is 1.59. The SMILES string of the molecule is CCC=CCCCCCCCC/C=C/O. The molecular weight excluding hydrogens is 184 g/mol. The maximum Gasteiger partial charge on any atom is 0.0751 e. The topological polar surface area (TPSA) is 20.2 Å². The first kappa shape index (κ1) is 14.3. The Kier molecular flexibility index (Phi) is 12.6. The average molecular weight is 210 g/mol. The minimum atomic E-state index is 1.02. The van der Waals surface area contributed by atoms with Crippen molar-refractivity contribution >= 4 is 0 Å². The second-order valence-electron chi connectivity index (χ2n) is 3.96. The number of aliphatic hydroxyl groups is 1. The molecule has 0 aromatic rings.